The zero-order valence-electron chi connectivity index (χ0n) is 22.6. The highest BCUT2D eigenvalue weighted by Crippen LogP contribution is 2.40. The number of aryl methyl sites for hydroxylation is 2. The quantitative estimate of drug-likeness (QED) is 0.314. The van der Waals surface area contributed by atoms with Crippen molar-refractivity contribution >= 4 is 11.8 Å². The minimum atomic E-state index is -0.525. The van der Waals surface area contributed by atoms with Gasteiger partial charge in [-0.15, -0.1) is 10.2 Å². The molecule has 2 heterocycles. The Morgan fingerprint density at radius 1 is 0.976 bits per heavy atom. The molecule has 1 unspecified atom stereocenters. The van der Waals surface area contributed by atoms with E-state index >= 15 is 0 Å². The highest BCUT2D eigenvalue weighted by Gasteiger charge is 2.30. The standard InChI is InChI=1S/C30H26F2N8O2/c1-16-10-17(2-9-24(16)32)14-33-29(41)25-13-26(35-15-34-25)30(42)36-27-22-7-5-20(28-37-39-40-38-28)11-18(22)3-4-19-12-21(31)6-8-23(19)27/h2,5,7,9-13,15,27H,3-4,6,8,14H2,1H3,(H,33,41)(H,36,42)(H,37,38,39,40). The Balaban J connectivity index is 1.25. The second-order valence-electron chi connectivity index (χ2n) is 10.3. The molecule has 2 aliphatic carbocycles. The Morgan fingerprint density at radius 3 is 2.60 bits per heavy atom. The number of hydrogen-bond donors (Lipinski definition) is 3. The molecule has 1 atom stereocenters. The van der Waals surface area contributed by atoms with Crippen molar-refractivity contribution in [2.24, 2.45) is 0 Å². The zero-order chi connectivity index (χ0) is 29.2. The summed E-state index contributed by atoms with van der Waals surface area (Å²) in [4.78, 5) is 34.5. The third kappa shape index (κ3) is 5.55. The maximum absolute atomic E-state index is 14.3. The first kappa shape index (κ1) is 27.1. The number of carbonyl (C=O) groups excluding carboxylic acids is 2. The van der Waals surface area contributed by atoms with Crippen molar-refractivity contribution in [1.82, 2.24) is 41.2 Å². The third-order valence-electron chi connectivity index (χ3n) is 7.53. The summed E-state index contributed by atoms with van der Waals surface area (Å²) in [5.41, 5.74) is 5.68. The molecule has 42 heavy (non-hydrogen) atoms. The van der Waals surface area contributed by atoms with Gasteiger partial charge in [0.2, 0.25) is 5.82 Å². The summed E-state index contributed by atoms with van der Waals surface area (Å²) in [6.07, 6.45) is 4.71. The number of amides is 2. The first-order valence-corrected chi connectivity index (χ1v) is 13.5. The molecule has 0 saturated carbocycles. The molecule has 12 heteroatoms. The number of H-pyrrole nitrogens is 1. The van der Waals surface area contributed by atoms with Gasteiger partial charge >= 0.3 is 0 Å². The molecular weight excluding hydrogens is 542 g/mol. The number of carbonyl (C=O) groups is 2. The predicted octanol–water partition coefficient (Wildman–Crippen LogP) is 4.40. The summed E-state index contributed by atoms with van der Waals surface area (Å²) in [5, 5.41) is 20.0. The van der Waals surface area contributed by atoms with Crippen LogP contribution in [0.5, 0.6) is 0 Å². The lowest BCUT2D eigenvalue weighted by molar-refractivity contribution is 0.0936. The molecule has 6 rings (SSSR count). The zero-order valence-corrected chi connectivity index (χ0v) is 22.6. The van der Waals surface area contributed by atoms with Gasteiger partial charge < -0.3 is 10.6 Å². The van der Waals surface area contributed by atoms with Gasteiger partial charge in [-0.05, 0) is 83.0 Å². The van der Waals surface area contributed by atoms with Gasteiger partial charge in [0.05, 0.1) is 6.04 Å². The SMILES string of the molecule is Cc1cc(CNC(=O)c2cc(C(=O)NC3C4=C(C=C(F)CC4)CCc4cc(-c5nn[nH]n5)ccc43)ncn2)ccc1F. The van der Waals surface area contributed by atoms with Crippen LogP contribution in [0.15, 0.2) is 71.8 Å². The minimum Gasteiger partial charge on any atom is -0.347 e. The molecule has 2 aliphatic rings. The molecule has 4 aromatic rings. The van der Waals surface area contributed by atoms with Crippen molar-refractivity contribution in [2.45, 2.75) is 45.2 Å². The number of hydrogen-bond acceptors (Lipinski definition) is 7. The first-order chi connectivity index (χ1) is 20.4. The normalized spacial score (nSPS) is 16.2. The van der Waals surface area contributed by atoms with Crippen molar-refractivity contribution in [3.63, 3.8) is 0 Å². The van der Waals surface area contributed by atoms with Crippen LogP contribution in [-0.4, -0.2) is 42.4 Å². The summed E-state index contributed by atoms with van der Waals surface area (Å²) < 4.78 is 27.9. The Bertz CT molecular complexity index is 1750. The van der Waals surface area contributed by atoms with Gasteiger partial charge in [0, 0.05) is 24.6 Å². The molecule has 0 spiro atoms. The van der Waals surface area contributed by atoms with Gasteiger partial charge in [0.1, 0.15) is 29.4 Å². The lowest BCUT2D eigenvalue weighted by atomic mass is 9.87. The van der Waals surface area contributed by atoms with Gasteiger partial charge in [-0.1, -0.05) is 24.3 Å². The number of nitrogens with zero attached hydrogens (tertiary/aromatic N) is 5. The highest BCUT2D eigenvalue weighted by atomic mass is 19.1. The molecule has 0 radical (unpaired) electrons. The number of aromatic amines is 1. The van der Waals surface area contributed by atoms with Crippen LogP contribution in [0.2, 0.25) is 0 Å². The molecule has 2 aromatic heterocycles. The number of nitrogens with one attached hydrogen (secondary N) is 3. The fourth-order valence-electron chi connectivity index (χ4n) is 5.38. The lowest BCUT2D eigenvalue weighted by Crippen LogP contribution is -2.32. The van der Waals surface area contributed by atoms with Crippen LogP contribution >= 0.6 is 0 Å². The molecule has 10 nitrogen and oxygen atoms in total. The monoisotopic (exact) mass is 568 g/mol. The third-order valence-corrected chi connectivity index (χ3v) is 7.53. The van der Waals surface area contributed by atoms with Crippen molar-refractivity contribution in [1.29, 1.82) is 0 Å². The van der Waals surface area contributed by atoms with Gasteiger partial charge in [0.25, 0.3) is 11.8 Å². The second-order valence-corrected chi connectivity index (χ2v) is 10.3. The summed E-state index contributed by atoms with van der Waals surface area (Å²) >= 11 is 0. The van der Waals surface area contributed by atoms with Crippen molar-refractivity contribution in [3.8, 4) is 11.4 Å². The maximum Gasteiger partial charge on any atom is 0.270 e. The van der Waals surface area contributed by atoms with E-state index < -0.39 is 17.9 Å². The molecule has 2 aromatic carbocycles. The average molecular weight is 569 g/mol. The summed E-state index contributed by atoms with van der Waals surface area (Å²) in [6.45, 7) is 1.81. The molecule has 0 fully saturated rings. The van der Waals surface area contributed by atoms with Gasteiger partial charge in [-0.3, -0.25) is 9.59 Å². The van der Waals surface area contributed by atoms with E-state index in [0.29, 0.717) is 30.7 Å². The maximum atomic E-state index is 14.3. The number of tetrazole rings is 1. The summed E-state index contributed by atoms with van der Waals surface area (Å²) in [5.74, 6) is -1.05. The summed E-state index contributed by atoms with van der Waals surface area (Å²) in [7, 11) is 0. The Kier molecular flexibility index (Phi) is 7.34. The second kappa shape index (κ2) is 11.4. The van der Waals surface area contributed by atoms with Gasteiger partial charge in [-0.2, -0.15) is 5.21 Å². The van der Waals surface area contributed by atoms with Crippen LogP contribution < -0.4 is 10.6 Å². The van der Waals surface area contributed by atoms with E-state index in [-0.39, 0.29) is 36.0 Å². The van der Waals surface area contributed by atoms with E-state index in [2.05, 4.69) is 41.2 Å². The van der Waals surface area contributed by atoms with Crippen LogP contribution in [0.4, 0.5) is 8.78 Å². The number of allylic oxidation sites excluding steroid dienone is 3. The number of fused-ring (bicyclic) bond motifs is 1. The predicted molar refractivity (Wildman–Crippen MR) is 148 cm³/mol. The first-order valence-electron chi connectivity index (χ1n) is 13.5. The highest BCUT2D eigenvalue weighted by molar-refractivity contribution is 5.97. The van der Waals surface area contributed by atoms with Crippen molar-refractivity contribution in [2.75, 3.05) is 0 Å². The summed E-state index contributed by atoms with van der Waals surface area (Å²) in [6, 6.07) is 11.1. The van der Waals surface area contributed by atoms with Crippen molar-refractivity contribution < 1.29 is 18.4 Å². The number of aromatic nitrogens is 6. The topological polar surface area (TPSA) is 138 Å². The average Bonchev–Trinajstić information content (AvgIpc) is 3.50. The number of benzene rings is 2. The smallest absolute Gasteiger partial charge is 0.270 e. The number of rotatable bonds is 6. The molecule has 0 bridgehead atoms. The van der Waals surface area contributed by atoms with E-state index in [0.717, 1.165) is 39.7 Å². The minimum absolute atomic E-state index is 0.0154. The van der Waals surface area contributed by atoms with Crippen LogP contribution in [0.1, 0.15) is 68.5 Å². The Labute approximate surface area is 239 Å². The number of halogens is 2. The van der Waals surface area contributed by atoms with E-state index in [1.54, 1.807) is 25.1 Å². The lowest BCUT2D eigenvalue weighted by Gasteiger charge is -2.26. The molecular formula is C30H26F2N8O2. The fraction of sp³-hybridized carbons (Fsp3) is 0.233. The van der Waals surface area contributed by atoms with Crippen LogP contribution in [0, 0.1) is 12.7 Å². The molecule has 212 valence electrons. The van der Waals surface area contributed by atoms with Crippen molar-refractivity contribution in [3.05, 3.63) is 111 Å². The molecule has 3 N–H and O–H groups in total. The van der Waals surface area contributed by atoms with Crippen LogP contribution in [0.25, 0.3) is 11.4 Å². The van der Waals surface area contributed by atoms with Gasteiger partial charge in [0.15, 0.2) is 0 Å². The van der Waals surface area contributed by atoms with E-state index in [1.807, 2.05) is 18.2 Å². The largest absolute Gasteiger partial charge is 0.347 e. The Hall–Kier alpha value is -5.13. The molecule has 0 saturated heterocycles. The fourth-order valence-corrected chi connectivity index (χ4v) is 5.38. The van der Waals surface area contributed by atoms with Gasteiger partial charge in [-0.25, -0.2) is 18.7 Å². The Morgan fingerprint density at radius 2 is 1.81 bits per heavy atom. The van der Waals surface area contributed by atoms with E-state index in [4.69, 9.17) is 0 Å². The van der Waals surface area contributed by atoms with Crippen LogP contribution in [0.3, 0.4) is 0 Å². The molecule has 0 aliphatic heterocycles. The van der Waals surface area contributed by atoms with Crippen LogP contribution in [-0.2, 0) is 13.0 Å². The van der Waals surface area contributed by atoms with E-state index in [9.17, 15) is 18.4 Å². The van der Waals surface area contributed by atoms with E-state index in [1.165, 1.54) is 12.1 Å². The molecule has 2 amide bonds.